The minimum atomic E-state index is -0.411. The van der Waals surface area contributed by atoms with Crippen LogP contribution in [-0.4, -0.2) is 30.5 Å². The van der Waals surface area contributed by atoms with Crippen LogP contribution in [0.5, 0.6) is 5.75 Å². The number of carbonyl (C=O) groups excluding carboxylic acids is 1. The van der Waals surface area contributed by atoms with Crippen molar-refractivity contribution >= 4 is 27.5 Å². The number of halogens is 1. The molecule has 0 spiro atoms. The third kappa shape index (κ3) is 2.00. The van der Waals surface area contributed by atoms with Crippen molar-refractivity contribution in [3.8, 4) is 5.75 Å². The minimum Gasteiger partial charge on any atom is -0.477 e. The van der Waals surface area contributed by atoms with Crippen molar-refractivity contribution in [2.75, 3.05) is 19.3 Å². The molecule has 1 aromatic carbocycles. The smallest absolute Gasteiger partial charge is 0.263 e. The van der Waals surface area contributed by atoms with Gasteiger partial charge in [0.25, 0.3) is 5.91 Å². The molecule has 1 aliphatic rings. The van der Waals surface area contributed by atoms with Crippen molar-refractivity contribution in [1.29, 1.82) is 0 Å². The predicted octanol–water partition coefficient (Wildman–Crippen LogP) is 1.64. The lowest BCUT2D eigenvalue weighted by molar-refractivity contribution is -0.132. The number of hydrogen-bond donors (Lipinski definition) is 1. The van der Waals surface area contributed by atoms with Crippen molar-refractivity contribution < 1.29 is 9.53 Å². The number of amides is 1. The van der Waals surface area contributed by atoms with E-state index in [9.17, 15) is 4.79 Å². The SMILES string of the molecule is CN1CCC(Oc2c(N)cccc2Br)C1=O. The van der Waals surface area contributed by atoms with Crippen LogP contribution in [0.15, 0.2) is 22.7 Å². The third-order valence-corrected chi connectivity index (χ3v) is 3.26. The Morgan fingerprint density at radius 3 is 2.88 bits per heavy atom. The van der Waals surface area contributed by atoms with Gasteiger partial charge in [-0.2, -0.15) is 0 Å². The van der Waals surface area contributed by atoms with Crippen molar-refractivity contribution in [2.45, 2.75) is 12.5 Å². The Morgan fingerprint density at radius 2 is 2.31 bits per heavy atom. The molecule has 1 saturated heterocycles. The van der Waals surface area contributed by atoms with Crippen LogP contribution in [-0.2, 0) is 4.79 Å². The second-order valence-electron chi connectivity index (χ2n) is 3.81. The monoisotopic (exact) mass is 284 g/mol. The second-order valence-corrected chi connectivity index (χ2v) is 4.67. The summed E-state index contributed by atoms with van der Waals surface area (Å²) < 4.78 is 6.43. The molecule has 4 nitrogen and oxygen atoms in total. The Balaban J connectivity index is 2.19. The largest absolute Gasteiger partial charge is 0.477 e. The third-order valence-electron chi connectivity index (χ3n) is 2.64. The molecule has 1 fully saturated rings. The van der Waals surface area contributed by atoms with Gasteiger partial charge in [0.1, 0.15) is 0 Å². The van der Waals surface area contributed by atoms with Gasteiger partial charge in [-0.1, -0.05) is 6.07 Å². The molecule has 2 rings (SSSR count). The van der Waals surface area contributed by atoms with Crippen LogP contribution in [0.3, 0.4) is 0 Å². The summed E-state index contributed by atoms with van der Waals surface area (Å²) in [5, 5.41) is 0. The molecule has 16 heavy (non-hydrogen) atoms. The maximum Gasteiger partial charge on any atom is 0.263 e. The number of likely N-dealkylation sites (tertiary alicyclic amines) is 1. The zero-order chi connectivity index (χ0) is 11.7. The average Bonchev–Trinajstić information content (AvgIpc) is 2.55. The highest BCUT2D eigenvalue weighted by atomic mass is 79.9. The molecule has 1 aromatic rings. The fraction of sp³-hybridized carbons (Fsp3) is 0.364. The van der Waals surface area contributed by atoms with Gasteiger partial charge in [0.05, 0.1) is 10.2 Å². The number of likely N-dealkylation sites (N-methyl/N-ethyl adjacent to an activating group) is 1. The van der Waals surface area contributed by atoms with Crippen LogP contribution in [0.4, 0.5) is 5.69 Å². The molecule has 1 heterocycles. The fourth-order valence-electron chi connectivity index (χ4n) is 1.69. The van der Waals surface area contributed by atoms with E-state index in [2.05, 4.69) is 15.9 Å². The predicted molar refractivity (Wildman–Crippen MR) is 65.2 cm³/mol. The van der Waals surface area contributed by atoms with Crippen LogP contribution < -0.4 is 10.5 Å². The average molecular weight is 285 g/mol. The first kappa shape index (κ1) is 11.3. The van der Waals surface area contributed by atoms with E-state index in [0.717, 1.165) is 11.0 Å². The lowest BCUT2D eigenvalue weighted by atomic mass is 10.2. The first-order valence-electron chi connectivity index (χ1n) is 5.05. The lowest BCUT2D eigenvalue weighted by Crippen LogP contribution is -2.29. The highest BCUT2D eigenvalue weighted by Crippen LogP contribution is 2.33. The Morgan fingerprint density at radius 1 is 1.56 bits per heavy atom. The van der Waals surface area contributed by atoms with E-state index in [1.54, 1.807) is 18.0 Å². The Kier molecular flexibility index (Phi) is 3.05. The molecule has 1 atom stereocenters. The summed E-state index contributed by atoms with van der Waals surface area (Å²) in [6.07, 6.45) is 0.293. The van der Waals surface area contributed by atoms with Crippen LogP contribution >= 0.6 is 15.9 Å². The van der Waals surface area contributed by atoms with E-state index in [0.29, 0.717) is 17.9 Å². The number of carbonyl (C=O) groups is 1. The van der Waals surface area contributed by atoms with E-state index >= 15 is 0 Å². The van der Waals surface area contributed by atoms with Crippen LogP contribution in [0.1, 0.15) is 6.42 Å². The number of nitrogens with two attached hydrogens (primary N) is 1. The highest BCUT2D eigenvalue weighted by molar-refractivity contribution is 9.10. The minimum absolute atomic E-state index is 0.00940. The zero-order valence-corrected chi connectivity index (χ0v) is 10.5. The van der Waals surface area contributed by atoms with Gasteiger partial charge < -0.3 is 15.4 Å². The molecular formula is C11H13BrN2O2. The van der Waals surface area contributed by atoms with E-state index in [1.807, 2.05) is 12.1 Å². The molecule has 2 N–H and O–H groups in total. The molecule has 0 bridgehead atoms. The van der Waals surface area contributed by atoms with Crippen molar-refractivity contribution in [1.82, 2.24) is 4.90 Å². The van der Waals surface area contributed by atoms with E-state index < -0.39 is 6.10 Å². The van der Waals surface area contributed by atoms with Gasteiger partial charge in [-0.05, 0) is 28.1 Å². The summed E-state index contributed by atoms with van der Waals surface area (Å²) in [7, 11) is 1.77. The molecule has 86 valence electrons. The van der Waals surface area contributed by atoms with Crippen molar-refractivity contribution in [3.05, 3.63) is 22.7 Å². The van der Waals surface area contributed by atoms with E-state index in [1.165, 1.54) is 0 Å². The molecule has 0 aliphatic carbocycles. The summed E-state index contributed by atoms with van der Waals surface area (Å²) in [4.78, 5) is 13.3. The van der Waals surface area contributed by atoms with Gasteiger partial charge in [0, 0.05) is 20.0 Å². The summed E-state index contributed by atoms with van der Waals surface area (Å²) >= 11 is 3.36. The van der Waals surface area contributed by atoms with Crippen molar-refractivity contribution in [2.24, 2.45) is 0 Å². The van der Waals surface area contributed by atoms with Gasteiger partial charge >= 0.3 is 0 Å². The number of ether oxygens (including phenoxy) is 1. The number of rotatable bonds is 2. The number of nitrogens with zero attached hydrogens (tertiary/aromatic N) is 1. The molecule has 0 aromatic heterocycles. The molecule has 1 aliphatic heterocycles. The number of benzene rings is 1. The maximum atomic E-state index is 11.7. The van der Waals surface area contributed by atoms with E-state index in [4.69, 9.17) is 10.5 Å². The Hall–Kier alpha value is -1.23. The first-order valence-corrected chi connectivity index (χ1v) is 5.84. The Bertz CT molecular complexity index is 402. The van der Waals surface area contributed by atoms with Gasteiger partial charge in [-0.25, -0.2) is 0 Å². The summed E-state index contributed by atoms with van der Waals surface area (Å²) in [5.74, 6) is 0.561. The molecule has 5 heteroatoms. The fourth-order valence-corrected chi connectivity index (χ4v) is 2.17. The maximum absolute atomic E-state index is 11.7. The zero-order valence-electron chi connectivity index (χ0n) is 8.94. The normalized spacial score (nSPS) is 20.2. The molecule has 1 amide bonds. The highest BCUT2D eigenvalue weighted by Gasteiger charge is 2.31. The van der Waals surface area contributed by atoms with Gasteiger partial charge in [0.2, 0.25) is 0 Å². The summed E-state index contributed by atoms with van der Waals surface area (Å²) in [6.45, 7) is 0.730. The van der Waals surface area contributed by atoms with Crippen LogP contribution in [0.25, 0.3) is 0 Å². The molecular weight excluding hydrogens is 272 g/mol. The van der Waals surface area contributed by atoms with Crippen molar-refractivity contribution in [3.63, 3.8) is 0 Å². The number of nitrogen functional groups attached to an aromatic ring is 1. The van der Waals surface area contributed by atoms with Crippen LogP contribution in [0, 0.1) is 0 Å². The second kappa shape index (κ2) is 4.33. The topological polar surface area (TPSA) is 55.6 Å². The molecule has 0 radical (unpaired) electrons. The van der Waals surface area contributed by atoms with Crippen LogP contribution in [0.2, 0.25) is 0 Å². The number of para-hydroxylation sites is 1. The molecule has 1 unspecified atom stereocenters. The number of hydrogen-bond acceptors (Lipinski definition) is 3. The van der Waals surface area contributed by atoms with Gasteiger partial charge in [0.15, 0.2) is 11.9 Å². The summed E-state index contributed by atoms with van der Waals surface area (Å²) in [5.41, 5.74) is 6.34. The van der Waals surface area contributed by atoms with Gasteiger partial charge in [-0.3, -0.25) is 4.79 Å². The standard InChI is InChI=1S/C11H13BrN2O2/c1-14-6-5-9(11(14)15)16-10-7(12)3-2-4-8(10)13/h2-4,9H,5-6,13H2,1H3. The lowest BCUT2D eigenvalue weighted by Gasteiger charge is -2.15. The van der Waals surface area contributed by atoms with E-state index in [-0.39, 0.29) is 5.91 Å². The summed E-state index contributed by atoms with van der Waals surface area (Å²) in [6, 6.07) is 5.42. The quantitative estimate of drug-likeness (QED) is 0.840. The number of anilines is 1. The first-order chi connectivity index (χ1) is 7.59. The molecule has 0 saturated carbocycles. The Labute approximate surface area is 102 Å². The van der Waals surface area contributed by atoms with Gasteiger partial charge in [-0.15, -0.1) is 0 Å².